The third kappa shape index (κ3) is 2.23. The number of carbonyl (C=O) groups excluding carboxylic acids is 1. The van der Waals surface area contributed by atoms with Gasteiger partial charge in [0, 0.05) is 18.5 Å². The largest absolute Gasteiger partial charge is 0.337 e. The van der Waals surface area contributed by atoms with Gasteiger partial charge >= 0.3 is 0 Å². The first-order chi connectivity index (χ1) is 9.07. The van der Waals surface area contributed by atoms with Gasteiger partial charge in [-0.15, -0.1) is 0 Å². The van der Waals surface area contributed by atoms with Crippen LogP contribution in [0.5, 0.6) is 0 Å². The van der Waals surface area contributed by atoms with E-state index in [-0.39, 0.29) is 5.91 Å². The molecule has 2 heterocycles. The van der Waals surface area contributed by atoms with Gasteiger partial charge in [0.05, 0.1) is 5.52 Å². The summed E-state index contributed by atoms with van der Waals surface area (Å²) in [5.74, 6) is 0.0490. The van der Waals surface area contributed by atoms with Gasteiger partial charge in [-0.25, -0.2) is 0 Å². The Morgan fingerprint density at radius 1 is 1.26 bits per heavy atom. The van der Waals surface area contributed by atoms with E-state index in [0.29, 0.717) is 11.1 Å². The predicted molar refractivity (Wildman–Crippen MR) is 75.0 cm³/mol. The molecule has 0 aliphatic carbocycles. The molecule has 4 nitrogen and oxygen atoms in total. The van der Waals surface area contributed by atoms with Crippen molar-refractivity contribution in [3.63, 3.8) is 0 Å². The average molecular weight is 257 g/mol. The number of amides is 1. The second-order valence-electron chi connectivity index (χ2n) is 6.07. The van der Waals surface area contributed by atoms with E-state index in [4.69, 9.17) is 0 Å². The molecule has 19 heavy (non-hydrogen) atoms. The topological polar surface area (TPSA) is 49.0 Å². The first kappa shape index (κ1) is 12.2. The zero-order valence-corrected chi connectivity index (χ0v) is 11.4. The van der Waals surface area contributed by atoms with Crippen LogP contribution in [0, 0.1) is 5.41 Å². The molecular weight excluding hydrogens is 238 g/mol. The molecule has 0 atom stereocenters. The summed E-state index contributed by atoms with van der Waals surface area (Å²) in [4.78, 5) is 14.5. The summed E-state index contributed by atoms with van der Waals surface area (Å²) in [5.41, 5.74) is 1.82. The highest BCUT2D eigenvalue weighted by Crippen LogP contribution is 2.30. The number of hydrogen-bond acceptors (Lipinski definition) is 2. The Kier molecular flexibility index (Phi) is 2.81. The van der Waals surface area contributed by atoms with Crippen molar-refractivity contribution in [1.29, 1.82) is 0 Å². The summed E-state index contributed by atoms with van der Waals surface area (Å²) >= 11 is 0. The summed E-state index contributed by atoms with van der Waals surface area (Å²) in [5, 5.41) is 8.03. The van der Waals surface area contributed by atoms with Gasteiger partial charge in [0.15, 0.2) is 5.69 Å². The average Bonchev–Trinajstić information content (AvgIpc) is 2.82. The Morgan fingerprint density at radius 3 is 2.68 bits per heavy atom. The first-order valence-corrected chi connectivity index (χ1v) is 6.79. The molecule has 1 N–H and O–H groups in total. The summed E-state index contributed by atoms with van der Waals surface area (Å²) in [7, 11) is 0. The number of fused-ring (bicyclic) bond motifs is 1. The molecule has 0 unspecified atom stereocenters. The van der Waals surface area contributed by atoms with Crippen LogP contribution in [0.25, 0.3) is 10.9 Å². The van der Waals surface area contributed by atoms with Crippen molar-refractivity contribution in [1.82, 2.24) is 15.1 Å². The maximum atomic E-state index is 12.5. The molecule has 1 aromatic carbocycles. The number of aromatic amines is 1. The smallest absolute Gasteiger partial charge is 0.274 e. The highest BCUT2D eigenvalue weighted by Gasteiger charge is 2.29. The van der Waals surface area contributed by atoms with Crippen molar-refractivity contribution in [2.75, 3.05) is 13.1 Å². The van der Waals surface area contributed by atoms with Crippen molar-refractivity contribution in [3.8, 4) is 0 Å². The fourth-order valence-corrected chi connectivity index (χ4v) is 2.59. The van der Waals surface area contributed by atoms with E-state index in [9.17, 15) is 4.79 Å². The van der Waals surface area contributed by atoms with Crippen LogP contribution in [-0.2, 0) is 0 Å². The number of benzene rings is 1. The van der Waals surface area contributed by atoms with Crippen LogP contribution < -0.4 is 0 Å². The number of aromatic nitrogens is 2. The highest BCUT2D eigenvalue weighted by atomic mass is 16.2. The minimum Gasteiger partial charge on any atom is -0.337 e. The van der Waals surface area contributed by atoms with Crippen LogP contribution in [0.15, 0.2) is 24.3 Å². The van der Waals surface area contributed by atoms with Gasteiger partial charge in [-0.3, -0.25) is 9.89 Å². The van der Waals surface area contributed by atoms with Gasteiger partial charge in [0.1, 0.15) is 0 Å². The molecule has 4 heteroatoms. The fourth-order valence-electron chi connectivity index (χ4n) is 2.59. The summed E-state index contributed by atoms with van der Waals surface area (Å²) in [6.07, 6.45) is 2.11. The van der Waals surface area contributed by atoms with E-state index in [1.807, 2.05) is 29.2 Å². The molecule has 0 radical (unpaired) electrons. The van der Waals surface area contributed by atoms with E-state index in [2.05, 4.69) is 24.0 Å². The number of piperidine rings is 1. The van der Waals surface area contributed by atoms with Crippen molar-refractivity contribution in [2.45, 2.75) is 26.7 Å². The van der Waals surface area contributed by atoms with Gasteiger partial charge in [0.2, 0.25) is 0 Å². The van der Waals surface area contributed by atoms with E-state index in [1.165, 1.54) is 0 Å². The summed E-state index contributed by atoms with van der Waals surface area (Å²) in [6.45, 7) is 6.18. The minimum atomic E-state index is 0.0490. The number of nitrogens with one attached hydrogen (secondary N) is 1. The van der Waals surface area contributed by atoms with E-state index >= 15 is 0 Å². The van der Waals surface area contributed by atoms with Gasteiger partial charge in [-0.2, -0.15) is 5.10 Å². The second kappa shape index (κ2) is 4.37. The predicted octanol–water partition coefficient (Wildman–Crippen LogP) is 2.83. The Morgan fingerprint density at radius 2 is 1.95 bits per heavy atom. The molecule has 1 fully saturated rings. The van der Waals surface area contributed by atoms with E-state index in [1.54, 1.807) is 0 Å². The van der Waals surface area contributed by atoms with Crippen molar-refractivity contribution in [2.24, 2.45) is 5.41 Å². The minimum absolute atomic E-state index is 0.0490. The molecule has 3 rings (SSSR count). The highest BCUT2D eigenvalue weighted by molar-refractivity contribution is 6.04. The van der Waals surface area contributed by atoms with Crippen LogP contribution in [-0.4, -0.2) is 34.1 Å². The van der Waals surface area contributed by atoms with Crippen LogP contribution in [0.4, 0.5) is 0 Å². The number of H-pyrrole nitrogens is 1. The van der Waals surface area contributed by atoms with Gasteiger partial charge in [-0.1, -0.05) is 32.0 Å². The van der Waals surface area contributed by atoms with Crippen LogP contribution in [0.1, 0.15) is 37.2 Å². The number of rotatable bonds is 1. The molecule has 1 aliphatic rings. The molecule has 1 aliphatic heterocycles. The van der Waals surface area contributed by atoms with E-state index in [0.717, 1.165) is 36.8 Å². The lowest BCUT2D eigenvalue weighted by atomic mass is 9.82. The number of hydrogen-bond donors (Lipinski definition) is 1. The zero-order chi connectivity index (χ0) is 13.5. The monoisotopic (exact) mass is 257 g/mol. The Hall–Kier alpha value is -1.84. The van der Waals surface area contributed by atoms with Gasteiger partial charge in [0.25, 0.3) is 5.91 Å². The van der Waals surface area contributed by atoms with Crippen LogP contribution in [0.3, 0.4) is 0 Å². The van der Waals surface area contributed by atoms with Crippen molar-refractivity contribution in [3.05, 3.63) is 30.0 Å². The molecule has 1 aromatic heterocycles. The standard InChI is InChI=1S/C15H19N3O/c1-15(2)7-9-18(10-8-15)14(19)13-11-5-3-4-6-12(11)16-17-13/h3-6H,7-10H2,1-2H3,(H,16,17). The molecule has 0 saturated carbocycles. The number of para-hydroxylation sites is 1. The molecular formula is C15H19N3O. The maximum absolute atomic E-state index is 12.5. The summed E-state index contributed by atoms with van der Waals surface area (Å²) < 4.78 is 0. The van der Waals surface area contributed by atoms with Crippen molar-refractivity contribution >= 4 is 16.8 Å². The van der Waals surface area contributed by atoms with E-state index < -0.39 is 0 Å². The molecule has 0 bridgehead atoms. The fraction of sp³-hybridized carbons (Fsp3) is 0.467. The normalized spacial score (nSPS) is 18.7. The Bertz CT molecular complexity index is 605. The SMILES string of the molecule is CC1(C)CCN(C(=O)c2n[nH]c3ccccc23)CC1. The molecule has 0 spiro atoms. The molecule has 1 amide bonds. The van der Waals surface area contributed by atoms with Gasteiger partial charge in [-0.05, 0) is 24.3 Å². The molecule has 100 valence electrons. The molecule has 2 aromatic rings. The zero-order valence-electron chi connectivity index (χ0n) is 11.4. The molecule has 1 saturated heterocycles. The quantitative estimate of drug-likeness (QED) is 0.854. The Labute approximate surface area is 112 Å². The number of carbonyl (C=O) groups is 1. The third-order valence-electron chi connectivity index (χ3n) is 4.08. The van der Waals surface area contributed by atoms with Gasteiger partial charge < -0.3 is 4.90 Å². The van der Waals surface area contributed by atoms with Crippen LogP contribution >= 0.6 is 0 Å². The lowest BCUT2D eigenvalue weighted by Gasteiger charge is -2.36. The number of likely N-dealkylation sites (tertiary alicyclic amines) is 1. The number of nitrogens with zero attached hydrogens (tertiary/aromatic N) is 2. The third-order valence-corrected chi connectivity index (χ3v) is 4.08. The lowest BCUT2D eigenvalue weighted by molar-refractivity contribution is 0.0626. The lowest BCUT2D eigenvalue weighted by Crippen LogP contribution is -2.41. The summed E-state index contributed by atoms with van der Waals surface area (Å²) in [6, 6.07) is 7.77. The first-order valence-electron chi connectivity index (χ1n) is 6.79. The van der Waals surface area contributed by atoms with Crippen LogP contribution in [0.2, 0.25) is 0 Å². The van der Waals surface area contributed by atoms with Crippen molar-refractivity contribution < 1.29 is 4.79 Å². The Balaban J connectivity index is 1.85. The maximum Gasteiger partial charge on any atom is 0.274 e. The second-order valence-corrected chi connectivity index (χ2v) is 6.07.